The highest BCUT2D eigenvalue weighted by Crippen LogP contribution is 2.39. The van der Waals surface area contributed by atoms with E-state index in [9.17, 15) is 4.79 Å². The Morgan fingerprint density at radius 1 is 1.11 bits per heavy atom. The zero-order valence-electron chi connectivity index (χ0n) is 9.81. The smallest absolute Gasteiger partial charge is 0.323 e. The lowest BCUT2D eigenvalue weighted by Gasteiger charge is -2.08. The molecule has 1 unspecified atom stereocenters. The predicted molar refractivity (Wildman–Crippen MR) is 70.1 cm³/mol. The zero-order valence-corrected chi connectivity index (χ0v) is 10.6. The highest BCUT2D eigenvalue weighted by molar-refractivity contribution is 6.30. The first-order valence-electron chi connectivity index (χ1n) is 5.73. The molecule has 0 saturated heterocycles. The van der Waals surface area contributed by atoms with Gasteiger partial charge in [-0.1, -0.05) is 41.4 Å². The van der Waals surface area contributed by atoms with Gasteiger partial charge in [0.1, 0.15) is 11.7 Å². The van der Waals surface area contributed by atoms with E-state index in [1.807, 2.05) is 37.3 Å². The molecular weight excluding hydrogens is 248 g/mol. The van der Waals surface area contributed by atoms with Gasteiger partial charge < -0.3 is 4.74 Å². The van der Waals surface area contributed by atoms with Gasteiger partial charge in [-0.05, 0) is 30.7 Å². The molecule has 0 bridgehead atoms. The van der Waals surface area contributed by atoms with Crippen LogP contribution in [0.15, 0.2) is 42.5 Å². The first-order valence-corrected chi connectivity index (χ1v) is 6.10. The summed E-state index contributed by atoms with van der Waals surface area (Å²) in [6.45, 7) is 2.00. The minimum absolute atomic E-state index is 0.224. The summed E-state index contributed by atoms with van der Waals surface area (Å²) >= 11 is 5.86. The monoisotopic (exact) mass is 258 g/mol. The van der Waals surface area contributed by atoms with E-state index in [4.69, 9.17) is 16.3 Å². The molecule has 1 atom stereocenters. The van der Waals surface area contributed by atoms with Crippen molar-refractivity contribution >= 4 is 17.6 Å². The van der Waals surface area contributed by atoms with Crippen LogP contribution >= 0.6 is 11.6 Å². The van der Waals surface area contributed by atoms with Crippen molar-refractivity contribution in [3.63, 3.8) is 0 Å². The maximum Gasteiger partial charge on any atom is 0.323 e. The fraction of sp³-hybridized carbons (Fsp3) is 0.133. The second-order valence-electron chi connectivity index (χ2n) is 4.45. The van der Waals surface area contributed by atoms with Crippen LogP contribution in [0.1, 0.15) is 22.6 Å². The van der Waals surface area contributed by atoms with Gasteiger partial charge in [-0.2, -0.15) is 0 Å². The van der Waals surface area contributed by atoms with Crippen molar-refractivity contribution in [1.82, 2.24) is 0 Å². The van der Waals surface area contributed by atoms with E-state index >= 15 is 0 Å². The number of hydrogen-bond acceptors (Lipinski definition) is 2. The average molecular weight is 259 g/mol. The third-order valence-corrected chi connectivity index (χ3v) is 3.38. The SMILES string of the molecule is Cc1ccc2c(c1)C(c1ccc(Cl)cc1)C(=O)O2. The molecule has 0 aromatic heterocycles. The molecular formula is C15H11ClO2. The van der Waals surface area contributed by atoms with Crippen molar-refractivity contribution in [1.29, 1.82) is 0 Å². The Morgan fingerprint density at radius 2 is 1.83 bits per heavy atom. The maximum absolute atomic E-state index is 12.0. The van der Waals surface area contributed by atoms with Crippen molar-refractivity contribution in [2.45, 2.75) is 12.8 Å². The number of benzene rings is 2. The van der Waals surface area contributed by atoms with Gasteiger partial charge in [0.05, 0.1) is 0 Å². The van der Waals surface area contributed by atoms with Gasteiger partial charge >= 0.3 is 5.97 Å². The summed E-state index contributed by atoms with van der Waals surface area (Å²) in [6.07, 6.45) is 0. The Kier molecular flexibility index (Phi) is 2.60. The second-order valence-corrected chi connectivity index (χ2v) is 4.88. The van der Waals surface area contributed by atoms with Crippen molar-refractivity contribution in [3.8, 4) is 5.75 Å². The van der Waals surface area contributed by atoms with Crippen LogP contribution in [0.4, 0.5) is 0 Å². The standard InChI is InChI=1S/C15H11ClO2/c1-9-2-7-13-12(8-9)14(15(17)18-13)10-3-5-11(16)6-4-10/h2-8,14H,1H3. The largest absolute Gasteiger partial charge is 0.425 e. The Bertz CT molecular complexity index is 617. The molecule has 18 heavy (non-hydrogen) atoms. The van der Waals surface area contributed by atoms with E-state index in [0.29, 0.717) is 10.8 Å². The molecule has 0 fully saturated rings. The lowest BCUT2D eigenvalue weighted by Crippen LogP contribution is -2.11. The first-order chi connectivity index (χ1) is 8.65. The highest BCUT2D eigenvalue weighted by Gasteiger charge is 2.34. The number of fused-ring (bicyclic) bond motifs is 1. The summed E-state index contributed by atoms with van der Waals surface area (Å²) < 4.78 is 5.29. The van der Waals surface area contributed by atoms with E-state index < -0.39 is 0 Å². The predicted octanol–water partition coefficient (Wildman–Crippen LogP) is 3.70. The molecule has 0 radical (unpaired) electrons. The molecule has 0 aliphatic carbocycles. The van der Waals surface area contributed by atoms with Crippen molar-refractivity contribution in [2.75, 3.05) is 0 Å². The molecule has 2 aromatic rings. The lowest BCUT2D eigenvalue weighted by molar-refractivity contribution is -0.133. The molecule has 0 amide bonds. The Balaban J connectivity index is 2.11. The van der Waals surface area contributed by atoms with E-state index in [1.165, 1.54) is 0 Å². The molecule has 2 aromatic carbocycles. The molecule has 0 saturated carbocycles. The van der Waals surface area contributed by atoms with Crippen LogP contribution in [0, 0.1) is 6.92 Å². The number of rotatable bonds is 1. The highest BCUT2D eigenvalue weighted by atomic mass is 35.5. The van der Waals surface area contributed by atoms with Crippen molar-refractivity contribution < 1.29 is 9.53 Å². The van der Waals surface area contributed by atoms with Crippen LogP contribution in [0.5, 0.6) is 5.75 Å². The number of carbonyl (C=O) groups excluding carboxylic acids is 1. The number of hydrogen-bond donors (Lipinski definition) is 0. The molecule has 1 aliphatic rings. The molecule has 1 aliphatic heterocycles. The van der Waals surface area contributed by atoms with Gasteiger partial charge in [-0.15, -0.1) is 0 Å². The average Bonchev–Trinajstić information content (AvgIpc) is 2.66. The number of ether oxygens (including phenoxy) is 1. The summed E-state index contributed by atoms with van der Waals surface area (Å²) in [5, 5.41) is 0.662. The normalized spacial score (nSPS) is 17.4. The van der Waals surface area contributed by atoms with Gasteiger partial charge in [-0.3, -0.25) is 4.79 Å². The Hall–Kier alpha value is -1.80. The molecule has 3 rings (SSSR count). The van der Waals surface area contributed by atoms with Gasteiger partial charge in [0.2, 0.25) is 0 Å². The third-order valence-electron chi connectivity index (χ3n) is 3.13. The van der Waals surface area contributed by atoms with Crippen LogP contribution in [-0.2, 0) is 4.79 Å². The van der Waals surface area contributed by atoms with Crippen LogP contribution in [0.3, 0.4) is 0 Å². The Labute approximate surface area is 110 Å². The molecule has 1 heterocycles. The van der Waals surface area contributed by atoms with E-state index in [-0.39, 0.29) is 11.9 Å². The summed E-state index contributed by atoms with van der Waals surface area (Å²) in [7, 11) is 0. The second kappa shape index (κ2) is 4.14. The zero-order chi connectivity index (χ0) is 12.7. The van der Waals surface area contributed by atoms with Crippen LogP contribution < -0.4 is 4.74 Å². The third kappa shape index (κ3) is 1.79. The minimum atomic E-state index is -0.336. The molecule has 0 N–H and O–H groups in total. The summed E-state index contributed by atoms with van der Waals surface area (Å²) in [6, 6.07) is 13.1. The fourth-order valence-corrected chi connectivity index (χ4v) is 2.38. The van der Waals surface area contributed by atoms with Crippen LogP contribution in [0.2, 0.25) is 5.02 Å². The lowest BCUT2D eigenvalue weighted by atomic mass is 9.92. The molecule has 0 spiro atoms. The fourth-order valence-electron chi connectivity index (χ4n) is 2.25. The van der Waals surface area contributed by atoms with Gasteiger partial charge in [0.25, 0.3) is 0 Å². The quantitative estimate of drug-likeness (QED) is 0.576. The van der Waals surface area contributed by atoms with E-state index in [0.717, 1.165) is 16.7 Å². The maximum atomic E-state index is 12.0. The van der Waals surface area contributed by atoms with E-state index in [2.05, 4.69) is 0 Å². The Morgan fingerprint density at radius 3 is 2.56 bits per heavy atom. The van der Waals surface area contributed by atoms with Crippen LogP contribution in [0.25, 0.3) is 0 Å². The molecule has 2 nitrogen and oxygen atoms in total. The van der Waals surface area contributed by atoms with Crippen molar-refractivity contribution in [2.24, 2.45) is 0 Å². The van der Waals surface area contributed by atoms with Gasteiger partial charge in [0, 0.05) is 10.6 Å². The summed E-state index contributed by atoms with van der Waals surface area (Å²) in [4.78, 5) is 12.0. The summed E-state index contributed by atoms with van der Waals surface area (Å²) in [5.74, 6) is 0.0978. The minimum Gasteiger partial charge on any atom is -0.425 e. The number of aryl methyl sites for hydroxylation is 1. The number of halogens is 1. The summed E-state index contributed by atoms with van der Waals surface area (Å²) in [5.41, 5.74) is 2.96. The molecule has 3 heteroatoms. The molecule has 90 valence electrons. The number of carbonyl (C=O) groups is 1. The number of esters is 1. The van der Waals surface area contributed by atoms with Gasteiger partial charge in [-0.25, -0.2) is 0 Å². The first kappa shape index (κ1) is 11.3. The van der Waals surface area contributed by atoms with E-state index in [1.54, 1.807) is 12.1 Å². The topological polar surface area (TPSA) is 26.3 Å². The van der Waals surface area contributed by atoms with Crippen LogP contribution in [-0.4, -0.2) is 5.97 Å². The van der Waals surface area contributed by atoms with Crippen molar-refractivity contribution in [3.05, 3.63) is 64.2 Å². The van der Waals surface area contributed by atoms with Gasteiger partial charge in [0.15, 0.2) is 0 Å².